The third kappa shape index (κ3) is 2.51. The Morgan fingerprint density at radius 3 is 2.81 bits per heavy atom. The summed E-state index contributed by atoms with van der Waals surface area (Å²) in [6, 6.07) is 12.1. The number of hydrogen-bond donors (Lipinski definition) is 2. The van der Waals surface area contributed by atoms with Crippen LogP contribution in [0.2, 0.25) is 0 Å². The fourth-order valence-electron chi connectivity index (χ4n) is 1.56. The van der Waals surface area contributed by atoms with Crippen LogP contribution in [0, 0.1) is 6.92 Å². The maximum Gasteiger partial charge on any atom is 0.125 e. The molecule has 1 aromatic carbocycles. The summed E-state index contributed by atoms with van der Waals surface area (Å²) in [6.07, 6.45) is 1.70. The average Bonchev–Trinajstić information content (AvgIpc) is 2.28. The van der Waals surface area contributed by atoms with Crippen molar-refractivity contribution in [1.29, 1.82) is 0 Å². The van der Waals surface area contributed by atoms with Crippen LogP contribution in [0.4, 0.5) is 11.5 Å². The topological polar surface area (TPSA) is 50.9 Å². The fourth-order valence-corrected chi connectivity index (χ4v) is 1.56. The lowest BCUT2D eigenvalue weighted by molar-refractivity contribution is 1.12. The standard InChI is InChI=1S/C13H15N3/c1-10-4-2-3-5-11(10)9-16-12-6-7-15-13(14)8-12/h2-8H,9H2,1H3,(H3,14,15,16). The van der Waals surface area contributed by atoms with Crippen LogP contribution in [-0.2, 0) is 6.54 Å². The summed E-state index contributed by atoms with van der Waals surface area (Å²) in [7, 11) is 0. The van der Waals surface area contributed by atoms with Gasteiger partial charge in [0.25, 0.3) is 0 Å². The highest BCUT2D eigenvalue weighted by atomic mass is 14.9. The van der Waals surface area contributed by atoms with Crippen molar-refractivity contribution in [3.05, 3.63) is 53.7 Å². The zero-order chi connectivity index (χ0) is 11.4. The van der Waals surface area contributed by atoms with Gasteiger partial charge in [-0.25, -0.2) is 4.98 Å². The molecule has 3 nitrogen and oxygen atoms in total. The van der Waals surface area contributed by atoms with E-state index >= 15 is 0 Å². The summed E-state index contributed by atoms with van der Waals surface area (Å²) in [4.78, 5) is 3.95. The van der Waals surface area contributed by atoms with E-state index in [1.165, 1.54) is 11.1 Å². The number of hydrogen-bond acceptors (Lipinski definition) is 3. The predicted octanol–water partition coefficient (Wildman–Crippen LogP) is 2.58. The fraction of sp³-hybridized carbons (Fsp3) is 0.154. The first-order valence-corrected chi connectivity index (χ1v) is 5.25. The number of pyridine rings is 1. The van der Waals surface area contributed by atoms with Crippen molar-refractivity contribution in [2.75, 3.05) is 11.1 Å². The van der Waals surface area contributed by atoms with Crippen LogP contribution >= 0.6 is 0 Å². The third-order valence-corrected chi connectivity index (χ3v) is 2.53. The number of nitrogens with one attached hydrogen (secondary N) is 1. The van der Waals surface area contributed by atoms with Gasteiger partial charge in [0, 0.05) is 24.5 Å². The van der Waals surface area contributed by atoms with Gasteiger partial charge < -0.3 is 11.1 Å². The Morgan fingerprint density at radius 2 is 2.06 bits per heavy atom. The zero-order valence-corrected chi connectivity index (χ0v) is 9.27. The molecule has 0 spiro atoms. The highest BCUT2D eigenvalue weighted by molar-refractivity contribution is 5.50. The van der Waals surface area contributed by atoms with Crippen LogP contribution in [-0.4, -0.2) is 4.98 Å². The highest BCUT2D eigenvalue weighted by Crippen LogP contribution is 2.12. The van der Waals surface area contributed by atoms with E-state index in [2.05, 4.69) is 29.4 Å². The molecule has 0 bridgehead atoms. The number of aromatic nitrogens is 1. The number of nitrogens with zero attached hydrogens (tertiary/aromatic N) is 1. The summed E-state index contributed by atoms with van der Waals surface area (Å²) < 4.78 is 0. The smallest absolute Gasteiger partial charge is 0.125 e. The van der Waals surface area contributed by atoms with E-state index in [0.29, 0.717) is 5.82 Å². The van der Waals surface area contributed by atoms with E-state index in [-0.39, 0.29) is 0 Å². The van der Waals surface area contributed by atoms with Crippen molar-refractivity contribution in [1.82, 2.24) is 4.98 Å². The molecule has 16 heavy (non-hydrogen) atoms. The molecular formula is C13H15N3. The van der Waals surface area contributed by atoms with Gasteiger partial charge in [0.15, 0.2) is 0 Å². The van der Waals surface area contributed by atoms with Crippen molar-refractivity contribution < 1.29 is 0 Å². The van der Waals surface area contributed by atoms with Crippen LogP contribution in [0.25, 0.3) is 0 Å². The lowest BCUT2D eigenvalue weighted by Gasteiger charge is -2.08. The Balaban J connectivity index is 2.05. The van der Waals surface area contributed by atoms with E-state index < -0.39 is 0 Å². The summed E-state index contributed by atoms with van der Waals surface area (Å²) in [5.41, 5.74) is 9.18. The first kappa shape index (κ1) is 10.5. The number of nitrogens with two attached hydrogens (primary N) is 1. The molecule has 0 saturated carbocycles. The Hall–Kier alpha value is -2.03. The molecule has 0 amide bonds. The maximum absolute atomic E-state index is 5.61. The van der Waals surface area contributed by atoms with Crippen LogP contribution in [0.5, 0.6) is 0 Å². The van der Waals surface area contributed by atoms with Gasteiger partial charge in [0.1, 0.15) is 5.82 Å². The van der Waals surface area contributed by atoms with Crippen LogP contribution in [0.3, 0.4) is 0 Å². The molecule has 3 heteroatoms. The van der Waals surface area contributed by atoms with Crippen LogP contribution in [0.15, 0.2) is 42.6 Å². The normalized spacial score (nSPS) is 10.1. The highest BCUT2D eigenvalue weighted by Gasteiger charge is 1.97. The minimum Gasteiger partial charge on any atom is -0.384 e. The average molecular weight is 213 g/mol. The Labute approximate surface area is 95.3 Å². The third-order valence-electron chi connectivity index (χ3n) is 2.53. The molecule has 2 aromatic rings. The molecule has 82 valence electrons. The minimum atomic E-state index is 0.537. The van der Waals surface area contributed by atoms with E-state index in [0.717, 1.165) is 12.2 Å². The van der Waals surface area contributed by atoms with Crippen LogP contribution in [0.1, 0.15) is 11.1 Å². The molecule has 1 heterocycles. The van der Waals surface area contributed by atoms with Crippen molar-refractivity contribution in [2.24, 2.45) is 0 Å². The Kier molecular flexibility index (Phi) is 3.05. The molecule has 0 saturated heterocycles. The molecule has 0 aliphatic rings. The monoisotopic (exact) mass is 213 g/mol. The van der Waals surface area contributed by atoms with E-state index in [1.54, 1.807) is 6.20 Å². The van der Waals surface area contributed by atoms with E-state index in [9.17, 15) is 0 Å². The van der Waals surface area contributed by atoms with Gasteiger partial charge >= 0.3 is 0 Å². The molecule has 1 aromatic heterocycles. The SMILES string of the molecule is Cc1ccccc1CNc1ccnc(N)c1. The second-order valence-corrected chi connectivity index (χ2v) is 3.75. The molecule has 0 fully saturated rings. The van der Waals surface area contributed by atoms with Gasteiger partial charge in [-0.3, -0.25) is 0 Å². The van der Waals surface area contributed by atoms with Crippen LogP contribution < -0.4 is 11.1 Å². The molecule has 2 rings (SSSR count). The first-order valence-electron chi connectivity index (χ1n) is 5.25. The van der Waals surface area contributed by atoms with Gasteiger partial charge in [0.2, 0.25) is 0 Å². The molecule has 3 N–H and O–H groups in total. The summed E-state index contributed by atoms with van der Waals surface area (Å²) in [5.74, 6) is 0.537. The number of aryl methyl sites for hydroxylation is 1. The van der Waals surface area contributed by atoms with E-state index in [4.69, 9.17) is 5.73 Å². The summed E-state index contributed by atoms with van der Waals surface area (Å²) in [6.45, 7) is 2.91. The predicted molar refractivity (Wildman–Crippen MR) is 67.2 cm³/mol. The van der Waals surface area contributed by atoms with Gasteiger partial charge in [-0.2, -0.15) is 0 Å². The number of anilines is 2. The molecule has 0 unspecified atom stereocenters. The molecular weight excluding hydrogens is 198 g/mol. The van der Waals surface area contributed by atoms with Crippen molar-refractivity contribution in [3.8, 4) is 0 Å². The Bertz CT molecular complexity index is 480. The number of benzene rings is 1. The number of rotatable bonds is 3. The minimum absolute atomic E-state index is 0.537. The second-order valence-electron chi connectivity index (χ2n) is 3.75. The lowest BCUT2D eigenvalue weighted by atomic mass is 10.1. The molecule has 0 radical (unpaired) electrons. The van der Waals surface area contributed by atoms with Gasteiger partial charge in [0.05, 0.1) is 0 Å². The zero-order valence-electron chi connectivity index (χ0n) is 9.27. The first-order chi connectivity index (χ1) is 7.75. The largest absolute Gasteiger partial charge is 0.384 e. The Morgan fingerprint density at radius 1 is 1.25 bits per heavy atom. The summed E-state index contributed by atoms with van der Waals surface area (Å²) in [5, 5.41) is 3.32. The van der Waals surface area contributed by atoms with Crippen molar-refractivity contribution in [2.45, 2.75) is 13.5 Å². The van der Waals surface area contributed by atoms with E-state index in [1.807, 2.05) is 24.3 Å². The molecule has 0 aliphatic heterocycles. The quantitative estimate of drug-likeness (QED) is 0.824. The molecule has 0 atom stereocenters. The lowest BCUT2D eigenvalue weighted by Crippen LogP contribution is -2.02. The van der Waals surface area contributed by atoms with Gasteiger partial charge in [-0.05, 0) is 24.1 Å². The maximum atomic E-state index is 5.61. The summed E-state index contributed by atoms with van der Waals surface area (Å²) >= 11 is 0. The second kappa shape index (κ2) is 4.66. The van der Waals surface area contributed by atoms with Gasteiger partial charge in [-0.15, -0.1) is 0 Å². The van der Waals surface area contributed by atoms with Gasteiger partial charge in [-0.1, -0.05) is 24.3 Å². The van der Waals surface area contributed by atoms with Crippen molar-refractivity contribution in [3.63, 3.8) is 0 Å². The molecule has 0 aliphatic carbocycles. The number of nitrogen functional groups attached to an aromatic ring is 1. The van der Waals surface area contributed by atoms with Crippen molar-refractivity contribution >= 4 is 11.5 Å².